The van der Waals surface area contributed by atoms with Gasteiger partial charge in [-0.25, -0.2) is 0 Å². The molecule has 0 spiro atoms. The fourth-order valence-electron chi connectivity index (χ4n) is 0.972. The van der Waals surface area contributed by atoms with E-state index in [1.807, 2.05) is 5.32 Å². The monoisotopic (exact) mass is 209 g/mol. The second kappa shape index (κ2) is 3.27. The Balaban J connectivity index is 2.91. The lowest BCUT2D eigenvalue weighted by atomic mass is 10.0. The van der Waals surface area contributed by atoms with E-state index in [4.69, 9.17) is 4.74 Å². The van der Waals surface area contributed by atoms with E-state index in [1.54, 1.807) is 0 Å². The maximum atomic E-state index is 12.5. The molecule has 1 fully saturated rings. The molecule has 14 heavy (non-hydrogen) atoms. The average Bonchev–Trinajstić information content (AvgIpc) is 2.12. The standard InChI is InChI=1S/C8H10F3NO2/c1-5-3-14-4-7(2,8(9,10)11)12-6(5)13/h1,3-4H2,2H3,(H,12,13). The summed E-state index contributed by atoms with van der Waals surface area (Å²) in [4.78, 5) is 11.1. The molecule has 80 valence electrons. The van der Waals surface area contributed by atoms with Gasteiger partial charge < -0.3 is 10.1 Å². The normalized spacial score (nSPS) is 29.7. The van der Waals surface area contributed by atoms with Crippen LogP contribution in [0.5, 0.6) is 0 Å². The summed E-state index contributed by atoms with van der Waals surface area (Å²) in [5.74, 6) is -0.817. The summed E-state index contributed by atoms with van der Waals surface area (Å²) in [6, 6.07) is 0. The quantitative estimate of drug-likeness (QED) is 0.604. The van der Waals surface area contributed by atoms with Gasteiger partial charge in [0.2, 0.25) is 5.91 Å². The lowest BCUT2D eigenvalue weighted by Crippen LogP contribution is -2.58. The van der Waals surface area contributed by atoms with Crippen molar-refractivity contribution < 1.29 is 22.7 Å². The third kappa shape index (κ3) is 1.89. The highest BCUT2D eigenvalue weighted by atomic mass is 19.4. The van der Waals surface area contributed by atoms with Crippen molar-refractivity contribution in [3.05, 3.63) is 12.2 Å². The number of halogens is 3. The summed E-state index contributed by atoms with van der Waals surface area (Å²) in [6.45, 7) is 3.41. The predicted octanol–water partition coefficient (Wildman–Crippen LogP) is 1.01. The van der Waals surface area contributed by atoms with Crippen molar-refractivity contribution in [1.29, 1.82) is 0 Å². The van der Waals surface area contributed by atoms with E-state index in [9.17, 15) is 18.0 Å². The van der Waals surface area contributed by atoms with Gasteiger partial charge in [0.1, 0.15) is 0 Å². The first-order valence-electron chi connectivity index (χ1n) is 3.91. The number of nitrogens with one attached hydrogen (secondary N) is 1. The number of carbonyl (C=O) groups excluding carboxylic acids is 1. The Labute approximate surface area is 78.9 Å². The van der Waals surface area contributed by atoms with Crippen LogP contribution in [-0.4, -0.2) is 30.8 Å². The predicted molar refractivity (Wildman–Crippen MR) is 42.6 cm³/mol. The highest BCUT2D eigenvalue weighted by Crippen LogP contribution is 2.31. The van der Waals surface area contributed by atoms with Crippen LogP contribution >= 0.6 is 0 Å². The first kappa shape index (κ1) is 11.0. The molecule has 6 heteroatoms. The smallest absolute Gasteiger partial charge is 0.374 e. The number of rotatable bonds is 0. The number of carbonyl (C=O) groups is 1. The van der Waals surface area contributed by atoms with Gasteiger partial charge in [-0.3, -0.25) is 4.79 Å². The maximum Gasteiger partial charge on any atom is 0.413 e. The molecule has 1 aliphatic rings. The first-order chi connectivity index (χ1) is 6.26. The fourth-order valence-corrected chi connectivity index (χ4v) is 0.972. The zero-order chi connectivity index (χ0) is 11.0. The van der Waals surface area contributed by atoms with Crippen LogP contribution in [0, 0.1) is 0 Å². The minimum absolute atomic E-state index is 0.00187. The van der Waals surface area contributed by atoms with Crippen molar-refractivity contribution in [1.82, 2.24) is 5.32 Å². The second-order valence-electron chi connectivity index (χ2n) is 3.38. The van der Waals surface area contributed by atoms with Crippen LogP contribution in [-0.2, 0) is 9.53 Å². The molecule has 1 N–H and O–H groups in total. The summed E-state index contributed by atoms with van der Waals surface area (Å²) < 4.78 is 42.2. The SMILES string of the molecule is C=C1COCC(C)(C(F)(F)F)NC1=O. The van der Waals surface area contributed by atoms with Gasteiger partial charge in [0.15, 0.2) is 5.54 Å². The molecule has 0 bridgehead atoms. The summed E-state index contributed by atoms with van der Waals surface area (Å²) >= 11 is 0. The minimum atomic E-state index is -4.53. The fraction of sp³-hybridized carbons (Fsp3) is 0.625. The summed E-state index contributed by atoms with van der Waals surface area (Å²) in [7, 11) is 0. The summed E-state index contributed by atoms with van der Waals surface area (Å²) in [5, 5.41) is 1.86. The van der Waals surface area contributed by atoms with E-state index in [0.29, 0.717) is 0 Å². The molecule has 1 amide bonds. The summed E-state index contributed by atoms with van der Waals surface area (Å²) in [6.07, 6.45) is -4.53. The Hall–Kier alpha value is -1.04. The number of hydrogen-bond acceptors (Lipinski definition) is 2. The molecule has 3 nitrogen and oxygen atoms in total. The molecule has 1 saturated heterocycles. The molecule has 1 unspecified atom stereocenters. The molecule has 1 rings (SSSR count). The Morgan fingerprint density at radius 3 is 2.64 bits per heavy atom. The van der Waals surface area contributed by atoms with Crippen LogP contribution in [0.1, 0.15) is 6.92 Å². The van der Waals surface area contributed by atoms with Crippen molar-refractivity contribution in [2.45, 2.75) is 18.6 Å². The molecule has 0 radical (unpaired) electrons. The Morgan fingerprint density at radius 1 is 1.57 bits per heavy atom. The molecule has 1 heterocycles. The van der Waals surface area contributed by atoms with E-state index in [2.05, 4.69) is 6.58 Å². The van der Waals surface area contributed by atoms with Gasteiger partial charge in [0.25, 0.3) is 0 Å². The minimum Gasteiger partial charge on any atom is -0.374 e. The van der Waals surface area contributed by atoms with E-state index in [0.717, 1.165) is 6.92 Å². The second-order valence-corrected chi connectivity index (χ2v) is 3.38. The molecule has 0 saturated carbocycles. The van der Waals surface area contributed by atoms with Crippen LogP contribution in [0.25, 0.3) is 0 Å². The molecule has 1 atom stereocenters. The van der Waals surface area contributed by atoms with E-state index >= 15 is 0 Å². The molecule has 0 aromatic carbocycles. The molecular weight excluding hydrogens is 199 g/mol. The van der Waals surface area contributed by atoms with E-state index in [1.165, 1.54) is 0 Å². The topological polar surface area (TPSA) is 38.3 Å². The van der Waals surface area contributed by atoms with Gasteiger partial charge in [-0.1, -0.05) is 6.58 Å². The highest BCUT2D eigenvalue weighted by Gasteiger charge is 2.53. The number of ether oxygens (including phenoxy) is 1. The van der Waals surface area contributed by atoms with Crippen LogP contribution < -0.4 is 5.32 Å². The largest absolute Gasteiger partial charge is 0.413 e. The lowest BCUT2D eigenvalue weighted by molar-refractivity contribution is -0.203. The van der Waals surface area contributed by atoms with Gasteiger partial charge in [0, 0.05) is 5.57 Å². The molecule has 0 aliphatic carbocycles. The van der Waals surface area contributed by atoms with Gasteiger partial charge in [-0.15, -0.1) is 0 Å². The Bertz CT molecular complexity index is 274. The van der Waals surface area contributed by atoms with Crippen LogP contribution in [0.4, 0.5) is 13.2 Å². The van der Waals surface area contributed by atoms with E-state index in [-0.39, 0.29) is 12.2 Å². The number of alkyl halides is 3. The van der Waals surface area contributed by atoms with Crippen LogP contribution in [0.2, 0.25) is 0 Å². The maximum absolute atomic E-state index is 12.5. The third-order valence-corrected chi connectivity index (χ3v) is 2.00. The van der Waals surface area contributed by atoms with Crippen molar-refractivity contribution >= 4 is 5.91 Å². The molecule has 1 aliphatic heterocycles. The van der Waals surface area contributed by atoms with E-state index < -0.39 is 24.2 Å². The number of amides is 1. The van der Waals surface area contributed by atoms with Crippen molar-refractivity contribution in [2.24, 2.45) is 0 Å². The van der Waals surface area contributed by atoms with Crippen LogP contribution in [0.15, 0.2) is 12.2 Å². The molecular formula is C8H10F3NO2. The van der Waals surface area contributed by atoms with Gasteiger partial charge in [-0.2, -0.15) is 13.2 Å². The Morgan fingerprint density at radius 2 is 2.14 bits per heavy atom. The highest BCUT2D eigenvalue weighted by molar-refractivity contribution is 5.93. The average molecular weight is 209 g/mol. The van der Waals surface area contributed by atoms with Crippen molar-refractivity contribution in [3.8, 4) is 0 Å². The zero-order valence-electron chi connectivity index (χ0n) is 7.57. The van der Waals surface area contributed by atoms with Gasteiger partial charge in [0.05, 0.1) is 13.2 Å². The molecule has 0 aromatic heterocycles. The first-order valence-corrected chi connectivity index (χ1v) is 3.91. The third-order valence-electron chi connectivity index (χ3n) is 2.00. The molecule has 0 aromatic rings. The lowest BCUT2D eigenvalue weighted by Gasteiger charge is -2.30. The Kier molecular flexibility index (Phi) is 2.58. The van der Waals surface area contributed by atoms with Crippen molar-refractivity contribution in [2.75, 3.05) is 13.2 Å². The summed E-state index contributed by atoms with van der Waals surface area (Å²) in [5.41, 5.74) is -2.33. The van der Waals surface area contributed by atoms with Gasteiger partial charge >= 0.3 is 6.18 Å². The van der Waals surface area contributed by atoms with Crippen molar-refractivity contribution in [3.63, 3.8) is 0 Å². The van der Waals surface area contributed by atoms with Crippen LogP contribution in [0.3, 0.4) is 0 Å². The number of hydrogen-bond donors (Lipinski definition) is 1. The van der Waals surface area contributed by atoms with Gasteiger partial charge in [-0.05, 0) is 6.92 Å². The zero-order valence-corrected chi connectivity index (χ0v) is 7.57.